The van der Waals surface area contributed by atoms with Crippen LogP contribution in [0.2, 0.25) is 0 Å². The zero-order valence-corrected chi connectivity index (χ0v) is 18.9. The maximum absolute atomic E-state index is 13.4. The first-order valence-corrected chi connectivity index (χ1v) is 10.5. The van der Waals surface area contributed by atoms with Crippen LogP contribution < -0.4 is 9.47 Å². The molecule has 2 amide bonds. The van der Waals surface area contributed by atoms with E-state index in [1.807, 2.05) is 36.4 Å². The van der Waals surface area contributed by atoms with Gasteiger partial charge in [-0.05, 0) is 29.8 Å². The van der Waals surface area contributed by atoms with Crippen LogP contribution in [-0.2, 0) is 17.9 Å². The number of hydrogen-bond donors (Lipinski definition) is 0. The number of ether oxygens (including phenoxy) is 2. The Morgan fingerprint density at radius 1 is 0.970 bits per heavy atom. The molecule has 0 bridgehead atoms. The molecule has 3 aromatic rings. The van der Waals surface area contributed by atoms with Crippen molar-refractivity contribution in [3.8, 4) is 11.5 Å². The molecular weight excluding hydrogens is 420 g/mol. The minimum absolute atomic E-state index is 0.117. The van der Waals surface area contributed by atoms with E-state index in [4.69, 9.17) is 13.9 Å². The second-order valence-electron chi connectivity index (χ2n) is 7.36. The van der Waals surface area contributed by atoms with E-state index < -0.39 is 0 Å². The molecule has 2 aromatic carbocycles. The summed E-state index contributed by atoms with van der Waals surface area (Å²) >= 11 is 0. The Bertz CT molecular complexity index is 1060. The number of carbonyl (C=O) groups is 2. The Morgan fingerprint density at radius 2 is 1.76 bits per heavy atom. The highest BCUT2D eigenvalue weighted by Gasteiger charge is 2.25. The minimum Gasteiger partial charge on any atom is -0.497 e. The fourth-order valence-electron chi connectivity index (χ4n) is 3.41. The number of hydrogen-bond acceptors (Lipinski definition) is 5. The van der Waals surface area contributed by atoms with Gasteiger partial charge in [-0.1, -0.05) is 36.4 Å². The third-order valence-electron chi connectivity index (χ3n) is 5.10. The second-order valence-corrected chi connectivity index (χ2v) is 7.36. The molecule has 172 valence electrons. The van der Waals surface area contributed by atoms with E-state index in [1.54, 1.807) is 48.6 Å². The quantitative estimate of drug-likeness (QED) is 0.412. The van der Waals surface area contributed by atoms with Gasteiger partial charge in [0.2, 0.25) is 5.91 Å². The predicted octanol–water partition coefficient (Wildman–Crippen LogP) is 4.15. The van der Waals surface area contributed by atoms with E-state index in [1.165, 1.54) is 12.0 Å². The standard InChI is InChI=1S/C26H28N2O5/c1-4-14-27(26(30)23-13-12-21(31-2)16-24(23)32-3)19-25(29)28(18-22-11-8-15-33-22)17-20-9-6-5-7-10-20/h4-13,15-16H,1,14,17-19H2,2-3H3. The van der Waals surface area contributed by atoms with Gasteiger partial charge in [-0.2, -0.15) is 0 Å². The smallest absolute Gasteiger partial charge is 0.258 e. The van der Waals surface area contributed by atoms with Crippen LogP contribution in [0.15, 0.2) is 84.0 Å². The molecule has 7 nitrogen and oxygen atoms in total. The van der Waals surface area contributed by atoms with Crippen LogP contribution in [0.3, 0.4) is 0 Å². The third kappa shape index (κ3) is 6.26. The third-order valence-corrected chi connectivity index (χ3v) is 5.10. The summed E-state index contributed by atoms with van der Waals surface area (Å²) in [7, 11) is 3.03. The molecule has 0 aliphatic rings. The van der Waals surface area contributed by atoms with Crippen molar-refractivity contribution < 1.29 is 23.5 Å². The lowest BCUT2D eigenvalue weighted by Gasteiger charge is -2.27. The van der Waals surface area contributed by atoms with Crippen molar-refractivity contribution in [3.63, 3.8) is 0 Å². The van der Waals surface area contributed by atoms with E-state index in [0.29, 0.717) is 35.9 Å². The molecule has 0 spiro atoms. The number of amides is 2. The fourth-order valence-corrected chi connectivity index (χ4v) is 3.41. The largest absolute Gasteiger partial charge is 0.497 e. The number of methoxy groups -OCH3 is 2. The summed E-state index contributed by atoms with van der Waals surface area (Å²) in [5.74, 6) is 1.07. The summed E-state index contributed by atoms with van der Waals surface area (Å²) in [4.78, 5) is 29.8. The van der Waals surface area contributed by atoms with E-state index in [0.717, 1.165) is 5.56 Å². The van der Waals surface area contributed by atoms with Crippen molar-refractivity contribution in [1.82, 2.24) is 9.80 Å². The molecule has 0 atom stereocenters. The summed E-state index contributed by atoms with van der Waals surface area (Å²) in [5, 5.41) is 0. The topological polar surface area (TPSA) is 72.2 Å². The van der Waals surface area contributed by atoms with Crippen molar-refractivity contribution in [3.05, 3.63) is 96.5 Å². The molecule has 1 heterocycles. The van der Waals surface area contributed by atoms with Gasteiger partial charge in [0.15, 0.2) is 0 Å². The van der Waals surface area contributed by atoms with Crippen LogP contribution in [0.1, 0.15) is 21.7 Å². The predicted molar refractivity (Wildman–Crippen MR) is 125 cm³/mol. The Labute approximate surface area is 193 Å². The van der Waals surface area contributed by atoms with Gasteiger partial charge < -0.3 is 23.7 Å². The van der Waals surface area contributed by atoms with Crippen molar-refractivity contribution in [2.45, 2.75) is 13.1 Å². The van der Waals surface area contributed by atoms with Gasteiger partial charge in [0.05, 0.1) is 32.6 Å². The summed E-state index contributed by atoms with van der Waals surface area (Å²) in [6, 6.07) is 18.2. The number of benzene rings is 2. The normalized spacial score (nSPS) is 10.4. The van der Waals surface area contributed by atoms with Crippen molar-refractivity contribution >= 4 is 11.8 Å². The van der Waals surface area contributed by atoms with Crippen LogP contribution in [0.25, 0.3) is 0 Å². The van der Waals surface area contributed by atoms with E-state index in [2.05, 4.69) is 6.58 Å². The van der Waals surface area contributed by atoms with E-state index >= 15 is 0 Å². The highest BCUT2D eigenvalue weighted by atomic mass is 16.5. The number of nitrogens with zero attached hydrogens (tertiary/aromatic N) is 2. The monoisotopic (exact) mass is 448 g/mol. The van der Waals surface area contributed by atoms with Gasteiger partial charge in [-0.25, -0.2) is 0 Å². The molecule has 0 aliphatic heterocycles. The molecule has 0 radical (unpaired) electrons. The number of carbonyl (C=O) groups excluding carboxylic acids is 2. The fraction of sp³-hybridized carbons (Fsp3) is 0.231. The zero-order chi connectivity index (χ0) is 23.6. The van der Waals surface area contributed by atoms with Crippen molar-refractivity contribution in [1.29, 1.82) is 0 Å². The highest BCUT2D eigenvalue weighted by Crippen LogP contribution is 2.26. The first-order chi connectivity index (χ1) is 16.0. The summed E-state index contributed by atoms with van der Waals surface area (Å²) in [6.07, 6.45) is 3.17. The van der Waals surface area contributed by atoms with Gasteiger partial charge in [0, 0.05) is 19.2 Å². The molecule has 7 heteroatoms. The molecule has 0 unspecified atom stereocenters. The Kier molecular flexibility index (Phi) is 8.30. The molecule has 33 heavy (non-hydrogen) atoms. The van der Waals surface area contributed by atoms with Gasteiger partial charge >= 0.3 is 0 Å². The summed E-state index contributed by atoms with van der Waals surface area (Å²) in [6.45, 7) is 4.52. The summed E-state index contributed by atoms with van der Waals surface area (Å²) < 4.78 is 16.0. The number of furan rings is 1. The Morgan fingerprint density at radius 3 is 2.39 bits per heavy atom. The van der Waals surface area contributed by atoms with Crippen LogP contribution in [0.5, 0.6) is 11.5 Å². The average molecular weight is 449 g/mol. The van der Waals surface area contributed by atoms with Gasteiger partial charge in [0.1, 0.15) is 23.8 Å². The lowest BCUT2D eigenvalue weighted by Crippen LogP contribution is -2.42. The molecule has 3 rings (SSSR count). The SMILES string of the molecule is C=CCN(CC(=O)N(Cc1ccccc1)Cc1ccco1)C(=O)c1ccc(OC)cc1OC. The number of rotatable bonds is 11. The van der Waals surface area contributed by atoms with Crippen LogP contribution >= 0.6 is 0 Å². The average Bonchev–Trinajstić information content (AvgIpc) is 3.36. The van der Waals surface area contributed by atoms with Gasteiger partial charge in [-0.3, -0.25) is 9.59 Å². The minimum atomic E-state index is -0.333. The molecule has 0 aliphatic carbocycles. The molecule has 0 fully saturated rings. The van der Waals surface area contributed by atoms with Crippen LogP contribution in [0, 0.1) is 0 Å². The maximum Gasteiger partial charge on any atom is 0.258 e. The van der Waals surface area contributed by atoms with Crippen molar-refractivity contribution in [2.24, 2.45) is 0 Å². The molecule has 1 aromatic heterocycles. The second kappa shape index (κ2) is 11.6. The lowest BCUT2D eigenvalue weighted by atomic mass is 10.1. The lowest BCUT2D eigenvalue weighted by molar-refractivity contribution is -0.133. The van der Waals surface area contributed by atoms with Crippen LogP contribution in [-0.4, -0.2) is 48.9 Å². The molecular formula is C26H28N2O5. The first-order valence-electron chi connectivity index (χ1n) is 10.5. The van der Waals surface area contributed by atoms with Gasteiger partial charge in [0.25, 0.3) is 5.91 Å². The van der Waals surface area contributed by atoms with Crippen molar-refractivity contribution in [2.75, 3.05) is 27.3 Å². The summed E-state index contributed by atoms with van der Waals surface area (Å²) in [5.41, 5.74) is 1.32. The maximum atomic E-state index is 13.4. The first kappa shape index (κ1) is 23.7. The van der Waals surface area contributed by atoms with E-state index in [9.17, 15) is 9.59 Å². The molecule has 0 saturated carbocycles. The van der Waals surface area contributed by atoms with Gasteiger partial charge in [-0.15, -0.1) is 6.58 Å². The van der Waals surface area contributed by atoms with E-state index in [-0.39, 0.29) is 24.9 Å². The van der Waals surface area contributed by atoms with Crippen LogP contribution in [0.4, 0.5) is 0 Å². The zero-order valence-electron chi connectivity index (χ0n) is 18.9. The molecule has 0 N–H and O–H groups in total. The Balaban J connectivity index is 1.82. The molecule has 0 saturated heterocycles. The highest BCUT2D eigenvalue weighted by molar-refractivity contribution is 5.99. The Hall–Kier alpha value is -4.00.